The summed E-state index contributed by atoms with van der Waals surface area (Å²) in [5.41, 5.74) is 8.21. The van der Waals surface area contributed by atoms with Crippen LogP contribution in [0.25, 0.3) is 0 Å². The van der Waals surface area contributed by atoms with Gasteiger partial charge in [0.25, 0.3) is 0 Å². The lowest BCUT2D eigenvalue weighted by Crippen LogP contribution is -2.25. The third-order valence-corrected chi connectivity index (χ3v) is 4.69. The molecule has 5 heteroatoms. The molecule has 4 nitrogen and oxygen atoms in total. The monoisotopic (exact) mass is 302 g/mol. The molecule has 2 aromatic rings. The zero-order valence-electron chi connectivity index (χ0n) is 11.9. The number of thiophene rings is 1. The van der Waals surface area contributed by atoms with Crippen molar-refractivity contribution in [1.29, 1.82) is 0 Å². The summed E-state index contributed by atoms with van der Waals surface area (Å²) in [6, 6.07) is 8.37. The molecule has 1 aliphatic carbocycles. The van der Waals surface area contributed by atoms with E-state index in [4.69, 9.17) is 5.73 Å². The molecule has 1 heterocycles. The maximum Gasteiger partial charge on any atom is 0.337 e. The minimum Gasteiger partial charge on any atom is -0.478 e. The Morgan fingerprint density at radius 3 is 2.81 bits per heavy atom. The van der Waals surface area contributed by atoms with E-state index in [-0.39, 0.29) is 5.56 Å². The zero-order chi connectivity index (χ0) is 15.0. The van der Waals surface area contributed by atoms with Gasteiger partial charge in [-0.05, 0) is 48.9 Å². The van der Waals surface area contributed by atoms with Crippen LogP contribution >= 0.6 is 11.3 Å². The van der Waals surface area contributed by atoms with E-state index in [1.54, 1.807) is 17.4 Å². The average molecular weight is 302 g/mol. The molecule has 0 bridgehead atoms. The SMILES string of the molecule is Cc1cc(N(Cc2cccs2)C2CC2)cc(C(=O)O)c1N. The predicted molar refractivity (Wildman–Crippen MR) is 86.1 cm³/mol. The highest BCUT2D eigenvalue weighted by atomic mass is 32.1. The van der Waals surface area contributed by atoms with Crippen molar-refractivity contribution < 1.29 is 9.90 Å². The van der Waals surface area contributed by atoms with Crippen molar-refractivity contribution in [3.63, 3.8) is 0 Å². The van der Waals surface area contributed by atoms with Gasteiger partial charge in [0, 0.05) is 22.3 Å². The van der Waals surface area contributed by atoms with Gasteiger partial charge in [-0.3, -0.25) is 0 Å². The first-order valence-corrected chi connectivity index (χ1v) is 7.86. The van der Waals surface area contributed by atoms with Crippen LogP contribution < -0.4 is 10.6 Å². The number of carboxylic acids is 1. The first-order chi connectivity index (χ1) is 10.1. The molecule has 1 aromatic heterocycles. The fraction of sp³-hybridized carbons (Fsp3) is 0.312. The molecule has 3 N–H and O–H groups in total. The topological polar surface area (TPSA) is 66.6 Å². The Kier molecular flexibility index (Phi) is 3.59. The van der Waals surface area contributed by atoms with E-state index in [0.29, 0.717) is 11.7 Å². The summed E-state index contributed by atoms with van der Waals surface area (Å²) >= 11 is 1.73. The van der Waals surface area contributed by atoms with Crippen molar-refractivity contribution in [3.05, 3.63) is 45.6 Å². The van der Waals surface area contributed by atoms with Crippen molar-refractivity contribution in [2.75, 3.05) is 10.6 Å². The summed E-state index contributed by atoms with van der Waals surface area (Å²) < 4.78 is 0. The van der Waals surface area contributed by atoms with Gasteiger partial charge in [-0.15, -0.1) is 11.3 Å². The average Bonchev–Trinajstić information content (AvgIpc) is 3.15. The second-order valence-corrected chi connectivity index (χ2v) is 6.50. The molecule has 3 rings (SSSR count). The van der Waals surface area contributed by atoms with Crippen LogP contribution in [0.3, 0.4) is 0 Å². The van der Waals surface area contributed by atoms with Gasteiger partial charge in [-0.2, -0.15) is 0 Å². The van der Waals surface area contributed by atoms with E-state index >= 15 is 0 Å². The summed E-state index contributed by atoms with van der Waals surface area (Å²) in [6.07, 6.45) is 2.33. The first-order valence-electron chi connectivity index (χ1n) is 6.98. The lowest BCUT2D eigenvalue weighted by atomic mass is 10.1. The number of nitrogens with zero attached hydrogens (tertiary/aromatic N) is 1. The lowest BCUT2D eigenvalue weighted by molar-refractivity contribution is 0.0698. The van der Waals surface area contributed by atoms with Gasteiger partial charge in [0.05, 0.1) is 12.1 Å². The van der Waals surface area contributed by atoms with Crippen LogP contribution in [0.2, 0.25) is 0 Å². The maximum absolute atomic E-state index is 11.4. The molecule has 0 saturated heterocycles. The second-order valence-electron chi connectivity index (χ2n) is 5.47. The Morgan fingerprint density at radius 2 is 2.24 bits per heavy atom. The lowest BCUT2D eigenvalue weighted by Gasteiger charge is -2.25. The van der Waals surface area contributed by atoms with Crippen LogP contribution in [0.1, 0.15) is 33.6 Å². The minimum atomic E-state index is -0.968. The number of hydrogen-bond acceptors (Lipinski definition) is 4. The Hall–Kier alpha value is -2.01. The molecule has 1 aliphatic rings. The van der Waals surface area contributed by atoms with Crippen molar-refractivity contribution in [2.24, 2.45) is 0 Å². The molecular weight excluding hydrogens is 284 g/mol. The number of rotatable bonds is 5. The molecule has 0 spiro atoms. The highest BCUT2D eigenvalue weighted by molar-refractivity contribution is 7.09. The Balaban J connectivity index is 1.97. The van der Waals surface area contributed by atoms with Gasteiger partial charge < -0.3 is 15.7 Å². The van der Waals surface area contributed by atoms with E-state index in [2.05, 4.69) is 16.3 Å². The van der Waals surface area contributed by atoms with E-state index in [1.165, 1.54) is 4.88 Å². The third kappa shape index (κ3) is 2.88. The van der Waals surface area contributed by atoms with Gasteiger partial charge >= 0.3 is 5.97 Å². The van der Waals surface area contributed by atoms with Gasteiger partial charge in [0.15, 0.2) is 0 Å². The summed E-state index contributed by atoms with van der Waals surface area (Å²) in [5.74, 6) is -0.968. The third-order valence-electron chi connectivity index (χ3n) is 3.83. The van der Waals surface area contributed by atoms with Crippen LogP contribution in [0.15, 0.2) is 29.6 Å². The van der Waals surface area contributed by atoms with Gasteiger partial charge in [-0.25, -0.2) is 4.79 Å². The number of anilines is 2. The van der Waals surface area contributed by atoms with Crippen molar-refractivity contribution in [3.8, 4) is 0 Å². The number of hydrogen-bond donors (Lipinski definition) is 2. The highest BCUT2D eigenvalue weighted by Gasteiger charge is 2.30. The highest BCUT2D eigenvalue weighted by Crippen LogP contribution is 2.36. The maximum atomic E-state index is 11.4. The molecule has 0 aliphatic heterocycles. The van der Waals surface area contributed by atoms with E-state index in [1.807, 2.05) is 19.1 Å². The predicted octanol–water partition coefficient (Wildman–Crippen LogP) is 3.51. The summed E-state index contributed by atoms with van der Waals surface area (Å²) in [6.45, 7) is 2.69. The normalized spacial score (nSPS) is 14.1. The van der Waals surface area contributed by atoms with Gasteiger partial charge in [0.2, 0.25) is 0 Å². The molecule has 0 radical (unpaired) electrons. The fourth-order valence-corrected chi connectivity index (χ4v) is 3.21. The Morgan fingerprint density at radius 1 is 1.48 bits per heavy atom. The number of benzene rings is 1. The number of nitrogen functional groups attached to an aromatic ring is 1. The standard InChI is InChI=1S/C16H18N2O2S/c1-10-7-12(8-14(15(10)17)16(19)20)18(11-4-5-11)9-13-3-2-6-21-13/h2-3,6-8,11H,4-5,9,17H2,1H3,(H,19,20). The van der Waals surface area contributed by atoms with Crippen molar-refractivity contribution in [1.82, 2.24) is 0 Å². The van der Waals surface area contributed by atoms with Crippen molar-refractivity contribution >= 4 is 28.7 Å². The van der Waals surface area contributed by atoms with Crippen LogP contribution in [0, 0.1) is 6.92 Å². The zero-order valence-corrected chi connectivity index (χ0v) is 12.7. The molecular formula is C16H18N2O2S. The number of carbonyl (C=O) groups is 1. The molecule has 1 saturated carbocycles. The van der Waals surface area contributed by atoms with Gasteiger partial charge in [-0.1, -0.05) is 6.07 Å². The summed E-state index contributed by atoms with van der Waals surface area (Å²) in [7, 11) is 0. The summed E-state index contributed by atoms with van der Waals surface area (Å²) in [4.78, 5) is 14.9. The van der Waals surface area contributed by atoms with Crippen LogP contribution in [0.5, 0.6) is 0 Å². The number of nitrogens with two attached hydrogens (primary N) is 1. The molecule has 21 heavy (non-hydrogen) atoms. The smallest absolute Gasteiger partial charge is 0.337 e. The second kappa shape index (κ2) is 5.41. The molecule has 1 aromatic carbocycles. The van der Waals surface area contributed by atoms with E-state index in [0.717, 1.165) is 30.6 Å². The first kappa shape index (κ1) is 13.9. The molecule has 0 unspecified atom stereocenters. The fourth-order valence-electron chi connectivity index (χ4n) is 2.51. The summed E-state index contributed by atoms with van der Waals surface area (Å²) in [5, 5.41) is 11.4. The quantitative estimate of drug-likeness (QED) is 0.830. The number of carboxylic acid groups (broad SMARTS) is 1. The molecule has 110 valence electrons. The Labute approximate surface area is 127 Å². The number of aromatic carboxylic acids is 1. The molecule has 0 amide bonds. The molecule has 1 fully saturated rings. The van der Waals surface area contributed by atoms with Crippen LogP contribution in [-0.2, 0) is 6.54 Å². The van der Waals surface area contributed by atoms with Gasteiger partial charge in [0.1, 0.15) is 0 Å². The molecule has 0 atom stereocenters. The largest absolute Gasteiger partial charge is 0.478 e. The van der Waals surface area contributed by atoms with Crippen LogP contribution in [-0.4, -0.2) is 17.1 Å². The van der Waals surface area contributed by atoms with E-state index in [9.17, 15) is 9.90 Å². The van der Waals surface area contributed by atoms with Crippen molar-refractivity contribution in [2.45, 2.75) is 32.4 Å². The minimum absolute atomic E-state index is 0.196. The Bertz CT molecular complexity index is 663. The number of aryl methyl sites for hydroxylation is 1. The van der Waals surface area contributed by atoms with E-state index < -0.39 is 5.97 Å². The van der Waals surface area contributed by atoms with Crippen LogP contribution in [0.4, 0.5) is 11.4 Å².